The van der Waals surface area contributed by atoms with Crippen molar-refractivity contribution >= 4 is 30.7 Å². The molecule has 0 radical (unpaired) electrons. The maximum Gasteiger partial charge on any atom is 0.239 e. The third-order valence-electron chi connectivity index (χ3n) is 4.99. The molecule has 2 heterocycles. The zero-order valence-corrected chi connectivity index (χ0v) is 18.5. The first-order valence-electron chi connectivity index (χ1n) is 9.35. The van der Waals surface area contributed by atoms with Crippen LogP contribution in [0.3, 0.4) is 0 Å². The largest absolute Gasteiger partial charge is 0.493 e. The Bertz CT molecular complexity index is 626. The fraction of sp³-hybridized carbons (Fsp3) is 0.632. The van der Waals surface area contributed by atoms with E-state index in [0.717, 1.165) is 18.7 Å². The van der Waals surface area contributed by atoms with Crippen LogP contribution >= 0.6 is 24.8 Å². The zero-order valence-electron chi connectivity index (χ0n) is 16.8. The van der Waals surface area contributed by atoms with Crippen LogP contribution in [0, 0.1) is 0 Å². The minimum atomic E-state index is -0.297. The van der Waals surface area contributed by atoms with E-state index < -0.39 is 0 Å². The highest BCUT2D eigenvalue weighted by Crippen LogP contribution is 2.32. The molecule has 3 rings (SSSR count). The van der Waals surface area contributed by atoms with Crippen LogP contribution < -0.4 is 20.1 Å². The summed E-state index contributed by atoms with van der Waals surface area (Å²) in [5.41, 5.74) is 1.07. The number of ether oxygens (including phenoxy) is 4. The van der Waals surface area contributed by atoms with Crippen molar-refractivity contribution in [1.82, 2.24) is 15.5 Å². The summed E-state index contributed by atoms with van der Waals surface area (Å²) in [5, 5.41) is 6.27. The number of carbonyl (C=O) groups excluding carboxylic acids is 1. The number of benzene rings is 1. The molecule has 0 aliphatic carbocycles. The van der Waals surface area contributed by atoms with Gasteiger partial charge in [0.05, 0.1) is 46.7 Å². The van der Waals surface area contributed by atoms with Gasteiger partial charge in [-0.15, -0.1) is 24.8 Å². The lowest BCUT2D eigenvalue weighted by Crippen LogP contribution is -2.53. The van der Waals surface area contributed by atoms with E-state index in [0.29, 0.717) is 51.0 Å². The molecule has 8 nitrogen and oxygen atoms in total. The molecule has 2 unspecified atom stereocenters. The van der Waals surface area contributed by atoms with E-state index >= 15 is 0 Å². The molecule has 29 heavy (non-hydrogen) atoms. The second-order valence-electron chi connectivity index (χ2n) is 6.61. The summed E-state index contributed by atoms with van der Waals surface area (Å²) in [6.45, 7) is 5.27. The molecule has 2 N–H and O–H groups in total. The van der Waals surface area contributed by atoms with Gasteiger partial charge in [-0.05, 0) is 17.7 Å². The number of nitrogens with one attached hydrogen (secondary N) is 2. The highest BCUT2D eigenvalue weighted by molar-refractivity contribution is 5.85. The van der Waals surface area contributed by atoms with Crippen molar-refractivity contribution in [2.24, 2.45) is 0 Å². The van der Waals surface area contributed by atoms with Crippen molar-refractivity contribution < 1.29 is 23.7 Å². The Morgan fingerprint density at radius 2 is 1.90 bits per heavy atom. The van der Waals surface area contributed by atoms with Crippen LogP contribution in [0.2, 0.25) is 0 Å². The summed E-state index contributed by atoms with van der Waals surface area (Å²) in [4.78, 5) is 14.8. The third-order valence-corrected chi connectivity index (χ3v) is 4.99. The Morgan fingerprint density at radius 1 is 1.17 bits per heavy atom. The number of nitrogens with zero attached hydrogens (tertiary/aromatic N) is 1. The Balaban J connectivity index is 0.00000210. The third kappa shape index (κ3) is 6.87. The van der Waals surface area contributed by atoms with Crippen molar-refractivity contribution in [2.45, 2.75) is 12.1 Å². The van der Waals surface area contributed by atoms with Crippen molar-refractivity contribution in [1.29, 1.82) is 0 Å². The van der Waals surface area contributed by atoms with Crippen LogP contribution in [0.5, 0.6) is 11.5 Å². The van der Waals surface area contributed by atoms with Gasteiger partial charge in [0.1, 0.15) is 6.04 Å². The maximum absolute atomic E-state index is 12.5. The number of morpholine rings is 2. The van der Waals surface area contributed by atoms with Crippen LogP contribution in [0.15, 0.2) is 18.2 Å². The molecule has 0 spiro atoms. The highest BCUT2D eigenvalue weighted by atomic mass is 35.5. The van der Waals surface area contributed by atoms with Crippen LogP contribution in [0.4, 0.5) is 0 Å². The minimum absolute atomic E-state index is 0. The minimum Gasteiger partial charge on any atom is -0.493 e. The number of rotatable bonds is 7. The van der Waals surface area contributed by atoms with E-state index in [-0.39, 0.29) is 42.8 Å². The summed E-state index contributed by atoms with van der Waals surface area (Å²) >= 11 is 0. The molecule has 0 bridgehead atoms. The van der Waals surface area contributed by atoms with Crippen molar-refractivity contribution in [3.63, 3.8) is 0 Å². The molecule has 2 aliphatic rings. The molecular weight excluding hydrogens is 421 g/mol. The Kier molecular flexibility index (Phi) is 11.6. The van der Waals surface area contributed by atoms with Crippen LogP contribution in [-0.4, -0.2) is 83.7 Å². The maximum atomic E-state index is 12.5. The number of halogens is 2. The molecule has 0 saturated carbocycles. The van der Waals surface area contributed by atoms with E-state index in [2.05, 4.69) is 15.5 Å². The summed E-state index contributed by atoms with van der Waals surface area (Å²) in [6, 6.07) is 5.64. The monoisotopic (exact) mass is 451 g/mol. The van der Waals surface area contributed by atoms with E-state index in [4.69, 9.17) is 18.9 Å². The fourth-order valence-electron chi connectivity index (χ4n) is 3.46. The molecule has 2 fully saturated rings. The molecule has 2 atom stereocenters. The topological polar surface area (TPSA) is 81.3 Å². The first kappa shape index (κ1) is 25.7. The van der Waals surface area contributed by atoms with Gasteiger partial charge in [-0.25, -0.2) is 0 Å². The Morgan fingerprint density at radius 3 is 2.52 bits per heavy atom. The molecule has 1 aromatic rings. The lowest BCUT2D eigenvalue weighted by atomic mass is 10.0. The molecule has 1 aromatic carbocycles. The second kappa shape index (κ2) is 13.1. The van der Waals surface area contributed by atoms with Gasteiger partial charge in [0, 0.05) is 26.2 Å². The molecule has 2 aliphatic heterocycles. The average Bonchev–Trinajstić information content (AvgIpc) is 2.75. The summed E-state index contributed by atoms with van der Waals surface area (Å²) < 4.78 is 21.7. The summed E-state index contributed by atoms with van der Waals surface area (Å²) in [5.74, 6) is 1.34. The summed E-state index contributed by atoms with van der Waals surface area (Å²) in [7, 11) is 3.25. The first-order chi connectivity index (χ1) is 13.2. The van der Waals surface area contributed by atoms with Gasteiger partial charge in [-0.2, -0.15) is 0 Å². The van der Waals surface area contributed by atoms with E-state index in [1.165, 1.54) is 0 Å². The van der Waals surface area contributed by atoms with Crippen molar-refractivity contribution in [3.8, 4) is 11.5 Å². The van der Waals surface area contributed by atoms with Gasteiger partial charge in [0.25, 0.3) is 0 Å². The van der Waals surface area contributed by atoms with Crippen LogP contribution in [-0.2, 0) is 14.3 Å². The van der Waals surface area contributed by atoms with E-state index in [1.807, 2.05) is 18.2 Å². The quantitative estimate of drug-likeness (QED) is 0.640. The zero-order chi connectivity index (χ0) is 19.1. The van der Waals surface area contributed by atoms with Gasteiger partial charge in [0.2, 0.25) is 5.91 Å². The van der Waals surface area contributed by atoms with Gasteiger partial charge in [0.15, 0.2) is 11.5 Å². The van der Waals surface area contributed by atoms with Gasteiger partial charge >= 0.3 is 0 Å². The highest BCUT2D eigenvalue weighted by Gasteiger charge is 2.26. The van der Waals surface area contributed by atoms with E-state index in [9.17, 15) is 4.79 Å². The smallest absolute Gasteiger partial charge is 0.239 e. The van der Waals surface area contributed by atoms with Gasteiger partial charge in [-0.3, -0.25) is 9.69 Å². The Hall–Kier alpha value is -1.29. The standard InChI is InChI=1S/C19H29N3O5.2ClH/c1-24-17-4-3-14(11-18(17)25-2)16(22-6-9-26-10-7-22)12-21-19(23)15-13-27-8-5-20-15;;/h3-4,11,15-16,20H,5-10,12-13H2,1-2H3,(H,21,23);2*1H. The van der Waals surface area contributed by atoms with E-state index in [1.54, 1.807) is 14.2 Å². The first-order valence-corrected chi connectivity index (χ1v) is 9.35. The normalized spacial score (nSPS) is 20.6. The molecule has 10 heteroatoms. The SMILES string of the molecule is COc1ccc(C(CNC(=O)C2COCCN2)N2CCOCC2)cc1OC.Cl.Cl. The van der Waals surface area contributed by atoms with Gasteiger partial charge < -0.3 is 29.6 Å². The molecule has 166 valence electrons. The predicted octanol–water partition coefficient (Wildman–Crippen LogP) is 1.03. The van der Waals surface area contributed by atoms with Gasteiger partial charge in [-0.1, -0.05) is 6.07 Å². The molecule has 0 aromatic heterocycles. The molecule has 2 saturated heterocycles. The van der Waals surface area contributed by atoms with Crippen molar-refractivity contribution in [3.05, 3.63) is 23.8 Å². The number of methoxy groups -OCH3 is 2. The van der Waals surface area contributed by atoms with Crippen LogP contribution in [0.25, 0.3) is 0 Å². The number of amides is 1. The number of hydrogen-bond donors (Lipinski definition) is 2. The average molecular weight is 452 g/mol. The fourth-order valence-corrected chi connectivity index (χ4v) is 3.46. The Labute approximate surface area is 184 Å². The number of hydrogen-bond acceptors (Lipinski definition) is 7. The molecular formula is C19H31Cl2N3O5. The van der Waals surface area contributed by atoms with Crippen LogP contribution in [0.1, 0.15) is 11.6 Å². The van der Waals surface area contributed by atoms with Crippen molar-refractivity contribution in [2.75, 3.05) is 66.8 Å². The second-order valence-corrected chi connectivity index (χ2v) is 6.61. The lowest BCUT2D eigenvalue weighted by Gasteiger charge is -2.35. The predicted molar refractivity (Wildman–Crippen MR) is 115 cm³/mol. The lowest BCUT2D eigenvalue weighted by molar-refractivity contribution is -0.126. The molecule has 1 amide bonds. The summed E-state index contributed by atoms with van der Waals surface area (Å²) in [6.07, 6.45) is 0. The number of carbonyl (C=O) groups is 1.